The van der Waals surface area contributed by atoms with Gasteiger partial charge in [-0.2, -0.15) is 0 Å². The molecule has 1 atom stereocenters. The average molecular weight is 310 g/mol. The minimum Gasteiger partial charge on any atom is -0.306 e. The number of unbranched alkanes of at least 4 members (excludes halogenated alkanes) is 7. The highest BCUT2D eigenvalue weighted by Gasteiger charge is 2.35. The number of hydrogen-bond acceptors (Lipinski definition) is 1. The number of rotatable bonds is 12. The zero-order valence-electron chi connectivity index (χ0n) is 16.1. The molecule has 0 saturated carbocycles. The molecular weight excluding hydrogens is 266 g/mol. The SMILES string of the molecule is CCCCCCCC(CCCCCC)C1(C)CCN(C)CC1. The molecule has 1 unspecified atom stereocenters. The van der Waals surface area contributed by atoms with Gasteiger partial charge in [0.15, 0.2) is 0 Å². The summed E-state index contributed by atoms with van der Waals surface area (Å²) in [5.74, 6) is 0.986. The van der Waals surface area contributed by atoms with E-state index in [2.05, 4.69) is 32.7 Å². The van der Waals surface area contributed by atoms with Crippen molar-refractivity contribution in [2.45, 2.75) is 104 Å². The van der Waals surface area contributed by atoms with E-state index in [4.69, 9.17) is 0 Å². The first-order valence-electron chi connectivity index (χ1n) is 10.3. The van der Waals surface area contributed by atoms with Gasteiger partial charge in [0.1, 0.15) is 0 Å². The van der Waals surface area contributed by atoms with Crippen LogP contribution < -0.4 is 0 Å². The summed E-state index contributed by atoms with van der Waals surface area (Å²) in [6.07, 6.45) is 18.8. The highest BCUT2D eigenvalue weighted by molar-refractivity contribution is 4.87. The minimum absolute atomic E-state index is 0.628. The molecule has 1 heterocycles. The molecule has 0 amide bonds. The van der Waals surface area contributed by atoms with Gasteiger partial charge in [0.25, 0.3) is 0 Å². The van der Waals surface area contributed by atoms with Crippen LogP contribution in [0, 0.1) is 11.3 Å². The molecule has 0 radical (unpaired) electrons. The first-order chi connectivity index (χ1) is 10.6. The van der Waals surface area contributed by atoms with Gasteiger partial charge in [0.05, 0.1) is 0 Å². The summed E-state index contributed by atoms with van der Waals surface area (Å²) in [7, 11) is 2.29. The fourth-order valence-electron chi connectivity index (χ4n) is 4.19. The van der Waals surface area contributed by atoms with Gasteiger partial charge < -0.3 is 4.90 Å². The van der Waals surface area contributed by atoms with E-state index in [1.54, 1.807) is 0 Å². The Kier molecular flexibility index (Phi) is 10.4. The van der Waals surface area contributed by atoms with Crippen LogP contribution in [0.4, 0.5) is 0 Å². The molecule has 1 fully saturated rings. The van der Waals surface area contributed by atoms with Crippen LogP contribution in [0.25, 0.3) is 0 Å². The van der Waals surface area contributed by atoms with E-state index in [1.807, 2.05) is 0 Å². The number of piperidine rings is 1. The molecule has 1 heteroatoms. The maximum atomic E-state index is 2.61. The Bertz CT molecular complexity index is 253. The van der Waals surface area contributed by atoms with Gasteiger partial charge in [-0.3, -0.25) is 0 Å². The second kappa shape index (κ2) is 11.5. The number of hydrogen-bond donors (Lipinski definition) is 0. The lowest BCUT2D eigenvalue weighted by atomic mass is 9.66. The first-order valence-corrected chi connectivity index (χ1v) is 10.3. The molecule has 1 aliphatic rings. The fourth-order valence-corrected chi connectivity index (χ4v) is 4.19. The van der Waals surface area contributed by atoms with E-state index < -0.39 is 0 Å². The van der Waals surface area contributed by atoms with Crippen molar-refractivity contribution in [2.24, 2.45) is 11.3 Å². The molecule has 0 aromatic carbocycles. The van der Waals surface area contributed by atoms with E-state index in [1.165, 1.54) is 96.6 Å². The molecule has 0 aromatic rings. The molecule has 1 nitrogen and oxygen atoms in total. The Morgan fingerprint density at radius 1 is 0.773 bits per heavy atom. The van der Waals surface area contributed by atoms with E-state index in [0.717, 1.165) is 5.92 Å². The Morgan fingerprint density at radius 2 is 1.23 bits per heavy atom. The summed E-state index contributed by atoms with van der Waals surface area (Å²) in [6, 6.07) is 0. The van der Waals surface area contributed by atoms with Crippen molar-refractivity contribution in [2.75, 3.05) is 20.1 Å². The molecule has 0 aromatic heterocycles. The van der Waals surface area contributed by atoms with E-state index in [9.17, 15) is 0 Å². The molecule has 0 aliphatic carbocycles. The highest BCUT2D eigenvalue weighted by Crippen LogP contribution is 2.43. The Morgan fingerprint density at radius 3 is 1.73 bits per heavy atom. The second-order valence-electron chi connectivity index (χ2n) is 8.21. The van der Waals surface area contributed by atoms with Gasteiger partial charge in [0.2, 0.25) is 0 Å². The maximum Gasteiger partial charge on any atom is -0.00165 e. The van der Waals surface area contributed by atoms with Gasteiger partial charge in [-0.15, -0.1) is 0 Å². The number of likely N-dealkylation sites (tertiary alicyclic amines) is 1. The largest absolute Gasteiger partial charge is 0.306 e. The van der Waals surface area contributed by atoms with Crippen LogP contribution in [-0.4, -0.2) is 25.0 Å². The van der Waals surface area contributed by atoms with Crippen LogP contribution in [-0.2, 0) is 0 Å². The quantitative estimate of drug-likeness (QED) is 0.364. The highest BCUT2D eigenvalue weighted by atomic mass is 15.1. The number of nitrogens with zero attached hydrogens (tertiary/aromatic N) is 1. The molecule has 22 heavy (non-hydrogen) atoms. The molecule has 132 valence electrons. The molecular formula is C21H43N. The standard InChI is InChI=1S/C21H43N/c1-5-7-9-11-13-15-20(14-12-10-8-6-2)21(3)16-18-22(4)19-17-21/h20H,5-19H2,1-4H3. The Labute approximate surface area is 141 Å². The zero-order valence-corrected chi connectivity index (χ0v) is 16.1. The van der Waals surface area contributed by atoms with E-state index in [-0.39, 0.29) is 0 Å². The summed E-state index contributed by atoms with van der Waals surface area (Å²) in [6.45, 7) is 9.88. The molecule has 0 N–H and O–H groups in total. The Hall–Kier alpha value is -0.0400. The molecule has 1 saturated heterocycles. The van der Waals surface area contributed by atoms with Crippen molar-refractivity contribution in [1.29, 1.82) is 0 Å². The third kappa shape index (κ3) is 7.49. The third-order valence-corrected chi connectivity index (χ3v) is 6.18. The van der Waals surface area contributed by atoms with Crippen molar-refractivity contribution in [3.8, 4) is 0 Å². The lowest BCUT2D eigenvalue weighted by Gasteiger charge is -2.44. The first kappa shape index (κ1) is 20.0. The van der Waals surface area contributed by atoms with Crippen LogP contribution in [0.5, 0.6) is 0 Å². The van der Waals surface area contributed by atoms with E-state index in [0.29, 0.717) is 5.41 Å². The fraction of sp³-hybridized carbons (Fsp3) is 1.00. The predicted octanol–water partition coefficient (Wildman–Crippen LogP) is 6.67. The van der Waals surface area contributed by atoms with Gasteiger partial charge in [-0.25, -0.2) is 0 Å². The van der Waals surface area contributed by atoms with Crippen molar-refractivity contribution in [1.82, 2.24) is 4.90 Å². The molecule has 0 bridgehead atoms. The molecule has 1 aliphatic heterocycles. The third-order valence-electron chi connectivity index (χ3n) is 6.18. The summed E-state index contributed by atoms with van der Waals surface area (Å²) < 4.78 is 0. The van der Waals surface area contributed by atoms with Crippen molar-refractivity contribution < 1.29 is 0 Å². The summed E-state index contributed by atoms with van der Waals surface area (Å²) in [5.41, 5.74) is 0.628. The van der Waals surface area contributed by atoms with Crippen LogP contribution in [0.2, 0.25) is 0 Å². The van der Waals surface area contributed by atoms with Crippen molar-refractivity contribution in [3.05, 3.63) is 0 Å². The normalized spacial score (nSPS) is 20.2. The van der Waals surface area contributed by atoms with Gasteiger partial charge in [-0.1, -0.05) is 78.6 Å². The lowest BCUT2D eigenvalue weighted by Crippen LogP contribution is -2.40. The summed E-state index contributed by atoms with van der Waals surface area (Å²) >= 11 is 0. The smallest absolute Gasteiger partial charge is 0.00165 e. The second-order valence-corrected chi connectivity index (χ2v) is 8.21. The van der Waals surface area contributed by atoms with Gasteiger partial charge in [-0.05, 0) is 57.2 Å². The Balaban J connectivity index is 2.41. The topological polar surface area (TPSA) is 3.24 Å². The zero-order chi connectivity index (χ0) is 16.3. The maximum absolute atomic E-state index is 2.61. The molecule has 1 rings (SSSR count). The van der Waals surface area contributed by atoms with Crippen molar-refractivity contribution in [3.63, 3.8) is 0 Å². The van der Waals surface area contributed by atoms with Crippen LogP contribution in [0.3, 0.4) is 0 Å². The predicted molar refractivity (Wildman–Crippen MR) is 100 cm³/mol. The van der Waals surface area contributed by atoms with Crippen molar-refractivity contribution >= 4 is 0 Å². The monoisotopic (exact) mass is 309 g/mol. The van der Waals surface area contributed by atoms with E-state index >= 15 is 0 Å². The van der Waals surface area contributed by atoms with Gasteiger partial charge in [0, 0.05) is 0 Å². The van der Waals surface area contributed by atoms with Gasteiger partial charge >= 0.3 is 0 Å². The summed E-state index contributed by atoms with van der Waals surface area (Å²) in [5, 5.41) is 0. The lowest BCUT2D eigenvalue weighted by molar-refractivity contribution is 0.0631. The van der Waals surface area contributed by atoms with Crippen LogP contribution in [0.1, 0.15) is 104 Å². The molecule has 0 spiro atoms. The van der Waals surface area contributed by atoms with Crippen LogP contribution >= 0.6 is 0 Å². The van der Waals surface area contributed by atoms with Crippen LogP contribution in [0.15, 0.2) is 0 Å². The minimum atomic E-state index is 0.628. The summed E-state index contributed by atoms with van der Waals surface area (Å²) in [4.78, 5) is 2.52. The average Bonchev–Trinajstić information content (AvgIpc) is 2.52.